The first-order valence-electron chi connectivity index (χ1n) is 7.51. The summed E-state index contributed by atoms with van der Waals surface area (Å²) in [6, 6.07) is 6.19. The number of hydrogen-bond donors (Lipinski definition) is 1. The summed E-state index contributed by atoms with van der Waals surface area (Å²) in [6.45, 7) is 4.20. The molecule has 2 atom stereocenters. The Bertz CT molecular complexity index is 647. The predicted molar refractivity (Wildman–Crippen MR) is 83.4 cm³/mol. The van der Waals surface area contributed by atoms with Crippen LogP contribution in [-0.2, 0) is 16.6 Å². The van der Waals surface area contributed by atoms with Crippen LogP contribution >= 0.6 is 0 Å². The van der Waals surface area contributed by atoms with Crippen molar-refractivity contribution in [2.75, 3.05) is 26.1 Å². The molecule has 0 unspecified atom stereocenters. The standard InChI is InChI=1S/C15H22N2O4S/c1-11-9-17(22(2,18)19)7-6-13(11)16-8-12-4-3-5-14-15(12)21-10-20-14/h3-5,11,13,16H,6-10H2,1-2H3/t11-,13+/m0/s1. The molecule has 2 heterocycles. The average molecular weight is 326 g/mol. The molecular formula is C15H22N2O4S. The summed E-state index contributed by atoms with van der Waals surface area (Å²) in [4.78, 5) is 0. The van der Waals surface area contributed by atoms with Crippen LogP contribution in [0.1, 0.15) is 18.9 Å². The van der Waals surface area contributed by atoms with E-state index in [1.165, 1.54) is 6.26 Å². The van der Waals surface area contributed by atoms with Crippen LogP contribution in [0.5, 0.6) is 11.5 Å². The number of para-hydroxylation sites is 1. The molecule has 0 saturated carbocycles. The van der Waals surface area contributed by atoms with Crippen molar-refractivity contribution in [3.05, 3.63) is 23.8 Å². The third kappa shape index (κ3) is 3.21. The molecule has 0 bridgehead atoms. The van der Waals surface area contributed by atoms with Gasteiger partial charge in [0.1, 0.15) is 0 Å². The summed E-state index contributed by atoms with van der Waals surface area (Å²) in [5.41, 5.74) is 1.08. The van der Waals surface area contributed by atoms with Gasteiger partial charge in [0.2, 0.25) is 16.8 Å². The van der Waals surface area contributed by atoms with Crippen LogP contribution < -0.4 is 14.8 Å². The third-order valence-corrected chi connectivity index (χ3v) is 5.64. The third-order valence-electron chi connectivity index (χ3n) is 4.37. The second-order valence-corrected chi connectivity index (χ2v) is 8.01. The second-order valence-electron chi connectivity index (χ2n) is 6.03. The Morgan fingerprint density at radius 3 is 2.91 bits per heavy atom. The van der Waals surface area contributed by atoms with E-state index in [-0.39, 0.29) is 12.7 Å². The lowest BCUT2D eigenvalue weighted by Gasteiger charge is -2.36. The zero-order valence-corrected chi connectivity index (χ0v) is 13.7. The van der Waals surface area contributed by atoms with Gasteiger partial charge in [-0.1, -0.05) is 19.1 Å². The molecule has 1 aromatic rings. The SMILES string of the molecule is C[C@H]1CN(S(C)(=O)=O)CC[C@H]1NCc1cccc2c1OCO2. The molecule has 6 nitrogen and oxygen atoms in total. The van der Waals surface area contributed by atoms with Gasteiger partial charge < -0.3 is 14.8 Å². The van der Waals surface area contributed by atoms with Crippen LogP contribution in [0.4, 0.5) is 0 Å². The molecule has 1 N–H and O–H groups in total. The number of fused-ring (bicyclic) bond motifs is 1. The zero-order valence-electron chi connectivity index (χ0n) is 12.9. The Kier molecular flexibility index (Phi) is 4.29. The first kappa shape index (κ1) is 15.6. The van der Waals surface area contributed by atoms with Gasteiger partial charge in [0, 0.05) is 31.2 Å². The molecule has 0 amide bonds. The fourth-order valence-electron chi connectivity index (χ4n) is 3.08. The molecule has 2 aliphatic heterocycles. The van der Waals surface area contributed by atoms with E-state index in [9.17, 15) is 8.42 Å². The number of rotatable bonds is 4. The van der Waals surface area contributed by atoms with Crippen molar-refractivity contribution in [3.8, 4) is 11.5 Å². The first-order valence-corrected chi connectivity index (χ1v) is 9.36. The molecule has 3 rings (SSSR count). The molecule has 1 saturated heterocycles. The number of nitrogens with one attached hydrogen (secondary N) is 1. The molecule has 22 heavy (non-hydrogen) atoms. The average Bonchev–Trinajstić information content (AvgIpc) is 2.94. The summed E-state index contributed by atoms with van der Waals surface area (Å²) in [6.07, 6.45) is 2.10. The highest BCUT2D eigenvalue weighted by Crippen LogP contribution is 2.35. The van der Waals surface area contributed by atoms with Gasteiger partial charge >= 0.3 is 0 Å². The summed E-state index contributed by atoms with van der Waals surface area (Å²) < 4.78 is 35.7. The Labute approximate surface area is 131 Å². The van der Waals surface area contributed by atoms with Crippen LogP contribution in [0.3, 0.4) is 0 Å². The Balaban J connectivity index is 1.60. The highest BCUT2D eigenvalue weighted by Gasteiger charge is 2.30. The van der Waals surface area contributed by atoms with Gasteiger partial charge in [-0.2, -0.15) is 0 Å². The van der Waals surface area contributed by atoms with E-state index in [1.807, 2.05) is 18.2 Å². The van der Waals surface area contributed by atoms with Crippen molar-refractivity contribution in [2.24, 2.45) is 5.92 Å². The molecular weight excluding hydrogens is 304 g/mol. The van der Waals surface area contributed by atoms with Gasteiger partial charge in [-0.25, -0.2) is 12.7 Å². The fraction of sp³-hybridized carbons (Fsp3) is 0.600. The highest BCUT2D eigenvalue weighted by atomic mass is 32.2. The van der Waals surface area contributed by atoms with Gasteiger partial charge in [0.15, 0.2) is 11.5 Å². The fourth-order valence-corrected chi connectivity index (χ4v) is 4.03. The Hall–Kier alpha value is -1.31. The number of piperidine rings is 1. The van der Waals surface area contributed by atoms with Gasteiger partial charge in [0.05, 0.1) is 6.26 Å². The molecule has 1 aromatic carbocycles. The number of ether oxygens (including phenoxy) is 2. The first-order chi connectivity index (χ1) is 10.4. The van der Waals surface area contributed by atoms with Gasteiger partial charge in [-0.3, -0.25) is 0 Å². The van der Waals surface area contributed by atoms with E-state index in [0.717, 1.165) is 23.5 Å². The van der Waals surface area contributed by atoms with Crippen LogP contribution in [-0.4, -0.2) is 44.9 Å². The lowest BCUT2D eigenvalue weighted by atomic mass is 9.95. The predicted octanol–water partition coefficient (Wildman–Crippen LogP) is 1.17. The van der Waals surface area contributed by atoms with E-state index in [4.69, 9.17) is 9.47 Å². The van der Waals surface area contributed by atoms with E-state index in [1.54, 1.807) is 4.31 Å². The van der Waals surface area contributed by atoms with E-state index in [2.05, 4.69) is 12.2 Å². The minimum Gasteiger partial charge on any atom is -0.454 e. The summed E-state index contributed by atoms with van der Waals surface area (Å²) in [5, 5.41) is 3.53. The summed E-state index contributed by atoms with van der Waals surface area (Å²) in [5.74, 6) is 1.88. The van der Waals surface area contributed by atoms with Crippen molar-refractivity contribution >= 4 is 10.0 Å². The normalized spacial score (nSPS) is 25.4. The van der Waals surface area contributed by atoms with E-state index >= 15 is 0 Å². The van der Waals surface area contributed by atoms with E-state index < -0.39 is 10.0 Å². The molecule has 0 spiro atoms. The number of nitrogens with zero attached hydrogens (tertiary/aromatic N) is 1. The largest absolute Gasteiger partial charge is 0.454 e. The maximum Gasteiger partial charge on any atom is 0.231 e. The van der Waals surface area contributed by atoms with Crippen molar-refractivity contribution in [1.82, 2.24) is 9.62 Å². The van der Waals surface area contributed by atoms with Gasteiger partial charge in [-0.15, -0.1) is 0 Å². The van der Waals surface area contributed by atoms with Crippen LogP contribution in [0.2, 0.25) is 0 Å². The number of sulfonamides is 1. The van der Waals surface area contributed by atoms with Crippen LogP contribution in [0.15, 0.2) is 18.2 Å². The van der Waals surface area contributed by atoms with E-state index in [0.29, 0.717) is 25.7 Å². The number of benzene rings is 1. The number of hydrogen-bond acceptors (Lipinski definition) is 5. The monoisotopic (exact) mass is 326 g/mol. The molecule has 1 fully saturated rings. The molecule has 0 radical (unpaired) electrons. The quantitative estimate of drug-likeness (QED) is 0.900. The van der Waals surface area contributed by atoms with Gasteiger partial charge in [0.25, 0.3) is 0 Å². The lowest BCUT2D eigenvalue weighted by Crippen LogP contribution is -2.49. The zero-order chi connectivity index (χ0) is 15.7. The molecule has 7 heteroatoms. The van der Waals surface area contributed by atoms with Crippen LogP contribution in [0, 0.1) is 5.92 Å². The summed E-state index contributed by atoms with van der Waals surface area (Å²) >= 11 is 0. The molecule has 0 aromatic heterocycles. The van der Waals surface area contributed by atoms with Crippen LogP contribution in [0.25, 0.3) is 0 Å². The maximum absolute atomic E-state index is 11.6. The smallest absolute Gasteiger partial charge is 0.231 e. The van der Waals surface area contributed by atoms with Crippen molar-refractivity contribution < 1.29 is 17.9 Å². The van der Waals surface area contributed by atoms with Crippen molar-refractivity contribution in [2.45, 2.75) is 25.9 Å². The minimum atomic E-state index is -3.09. The minimum absolute atomic E-state index is 0.273. The summed E-state index contributed by atoms with van der Waals surface area (Å²) in [7, 11) is -3.09. The lowest BCUT2D eigenvalue weighted by molar-refractivity contribution is 0.172. The van der Waals surface area contributed by atoms with Crippen molar-refractivity contribution in [3.63, 3.8) is 0 Å². The topological polar surface area (TPSA) is 67.9 Å². The Morgan fingerprint density at radius 1 is 1.36 bits per heavy atom. The molecule has 0 aliphatic carbocycles. The van der Waals surface area contributed by atoms with Crippen molar-refractivity contribution in [1.29, 1.82) is 0 Å². The van der Waals surface area contributed by atoms with Gasteiger partial charge in [-0.05, 0) is 18.4 Å². The Morgan fingerprint density at radius 2 is 2.18 bits per heavy atom. The molecule has 122 valence electrons. The second kappa shape index (κ2) is 6.06. The highest BCUT2D eigenvalue weighted by molar-refractivity contribution is 7.88. The molecule has 2 aliphatic rings. The maximum atomic E-state index is 11.6.